The van der Waals surface area contributed by atoms with Crippen LogP contribution in [0.2, 0.25) is 0 Å². The van der Waals surface area contributed by atoms with E-state index in [0.717, 1.165) is 11.3 Å². The number of aromatic nitrogens is 4. The molecule has 0 spiro atoms. The number of carbonyl (C=O) groups excluding carboxylic acids is 1. The fourth-order valence-electron chi connectivity index (χ4n) is 2.49. The van der Waals surface area contributed by atoms with Crippen LogP contribution >= 0.6 is 0 Å². The van der Waals surface area contributed by atoms with Crippen molar-refractivity contribution in [3.05, 3.63) is 74.9 Å². The van der Waals surface area contributed by atoms with Gasteiger partial charge in [-0.25, -0.2) is 9.78 Å². The number of hydrogen-bond acceptors (Lipinski definition) is 6. The molecule has 3 aromatic rings. The molecule has 0 saturated heterocycles. The fraction of sp³-hybridized carbons (Fsp3) is 0.211. The van der Waals surface area contributed by atoms with E-state index in [-0.39, 0.29) is 24.3 Å². The van der Waals surface area contributed by atoms with Crippen LogP contribution in [0.15, 0.2) is 58.1 Å². The van der Waals surface area contributed by atoms with Crippen LogP contribution in [0.1, 0.15) is 17.4 Å². The third kappa shape index (κ3) is 4.70. The summed E-state index contributed by atoms with van der Waals surface area (Å²) in [6.45, 7) is 2.87. The first kappa shape index (κ1) is 19.0. The molecule has 1 aromatic carbocycles. The summed E-state index contributed by atoms with van der Waals surface area (Å²) in [7, 11) is 0. The Labute approximate surface area is 160 Å². The number of hydrogen-bond donors (Lipinski definition) is 2. The molecule has 0 aliphatic carbocycles. The predicted octanol–water partition coefficient (Wildman–Crippen LogP) is 0.822. The molecule has 2 aromatic heterocycles. The lowest BCUT2D eigenvalue weighted by Gasteiger charge is -2.09. The molecule has 28 heavy (non-hydrogen) atoms. The minimum Gasteiger partial charge on any atom is -0.494 e. The highest BCUT2D eigenvalue weighted by atomic mass is 16.5. The van der Waals surface area contributed by atoms with Gasteiger partial charge in [-0.2, -0.15) is 10.2 Å². The molecule has 0 aliphatic rings. The summed E-state index contributed by atoms with van der Waals surface area (Å²) in [5.74, 6) is 0.310. The molecule has 0 saturated carbocycles. The van der Waals surface area contributed by atoms with E-state index in [1.807, 2.05) is 31.2 Å². The molecular weight excluding hydrogens is 362 g/mol. The van der Waals surface area contributed by atoms with E-state index < -0.39 is 11.5 Å². The zero-order chi connectivity index (χ0) is 19.9. The van der Waals surface area contributed by atoms with Crippen LogP contribution in [0.5, 0.6) is 5.75 Å². The topological polar surface area (TPSA) is 119 Å². The molecule has 0 bridgehead atoms. The van der Waals surface area contributed by atoms with Gasteiger partial charge in [0.15, 0.2) is 0 Å². The zero-order valence-corrected chi connectivity index (χ0v) is 15.2. The van der Waals surface area contributed by atoms with E-state index in [0.29, 0.717) is 12.3 Å². The van der Waals surface area contributed by atoms with Crippen LogP contribution in [-0.2, 0) is 6.54 Å². The van der Waals surface area contributed by atoms with Gasteiger partial charge in [0.05, 0.1) is 18.8 Å². The molecule has 2 N–H and O–H groups in total. The maximum absolute atomic E-state index is 12.0. The number of amides is 1. The molecule has 0 radical (unpaired) electrons. The van der Waals surface area contributed by atoms with Gasteiger partial charge in [-0.05, 0) is 43.3 Å². The Morgan fingerprint density at radius 1 is 1.11 bits per heavy atom. The van der Waals surface area contributed by atoms with Crippen molar-refractivity contribution in [2.24, 2.45) is 0 Å². The van der Waals surface area contributed by atoms with Crippen molar-refractivity contribution in [3.63, 3.8) is 0 Å². The average Bonchev–Trinajstić information content (AvgIpc) is 2.71. The summed E-state index contributed by atoms with van der Waals surface area (Å²) in [5.41, 5.74) is 0.905. The largest absolute Gasteiger partial charge is 0.494 e. The van der Waals surface area contributed by atoms with E-state index in [4.69, 9.17) is 4.74 Å². The van der Waals surface area contributed by atoms with E-state index >= 15 is 0 Å². The van der Waals surface area contributed by atoms with Crippen molar-refractivity contribution in [2.75, 3.05) is 13.2 Å². The molecule has 9 heteroatoms. The molecule has 0 aliphatic heterocycles. The fourth-order valence-corrected chi connectivity index (χ4v) is 2.49. The van der Waals surface area contributed by atoms with Crippen molar-refractivity contribution in [1.82, 2.24) is 25.3 Å². The second kappa shape index (κ2) is 8.76. The monoisotopic (exact) mass is 381 g/mol. The Balaban J connectivity index is 1.66. The Morgan fingerprint density at radius 2 is 1.89 bits per heavy atom. The van der Waals surface area contributed by atoms with Gasteiger partial charge in [0.1, 0.15) is 11.4 Å². The molecule has 0 atom stereocenters. The molecule has 2 heterocycles. The van der Waals surface area contributed by atoms with Gasteiger partial charge in [0, 0.05) is 24.2 Å². The second-order valence-electron chi connectivity index (χ2n) is 5.80. The SMILES string of the molecule is CCOc1ccc(-c2ccc(=O)n(CCNC(=O)c3ccc(=O)[nH]n3)n2)cc1. The Hall–Kier alpha value is -3.75. The lowest BCUT2D eigenvalue weighted by molar-refractivity contribution is 0.0945. The van der Waals surface area contributed by atoms with Crippen molar-refractivity contribution < 1.29 is 9.53 Å². The Morgan fingerprint density at radius 3 is 2.57 bits per heavy atom. The maximum atomic E-state index is 12.0. The summed E-state index contributed by atoms with van der Waals surface area (Å²) in [6, 6.07) is 13.0. The van der Waals surface area contributed by atoms with Crippen LogP contribution in [0.25, 0.3) is 11.3 Å². The summed E-state index contributed by atoms with van der Waals surface area (Å²) >= 11 is 0. The highest BCUT2D eigenvalue weighted by Gasteiger charge is 2.08. The number of rotatable bonds is 7. The minimum absolute atomic E-state index is 0.0862. The van der Waals surface area contributed by atoms with Gasteiger partial charge in [-0.1, -0.05) is 0 Å². The number of ether oxygens (including phenoxy) is 1. The zero-order valence-electron chi connectivity index (χ0n) is 15.2. The number of nitrogens with zero attached hydrogens (tertiary/aromatic N) is 3. The van der Waals surface area contributed by atoms with Gasteiger partial charge in [0.2, 0.25) is 0 Å². The molecule has 1 amide bonds. The first-order valence-electron chi connectivity index (χ1n) is 8.72. The van der Waals surface area contributed by atoms with Gasteiger partial charge in [-0.15, -0.1) is 0 Å². The summed E-state index contributed by atoms with van der Waals surface area (Å²) in [6.07, 6.45) is 0. The highest BCUT2D eigenvalue weighted by Crippen LogP contribution is 2.19. The molecule has 3 rings (SSSR count). The van der Waals surface area contributed by atoms with Gasteiger partial charge in [0.25, 0.3) is 17.0 Å². The van der Waals surface area contributed by atoms with Crippen molar-refractivity contribution in [2.45, 2.75) is 13.5 Å². The first-order chi connectivity index (χ1) is 13.6. The molecule has 9 nitrogen and oxygen atoms in total. The van der Waals surface area contributed by atoms with Crippen molar-refractivity contribution in [3.8, 4) is 17.0 Å². The quantitative estimate of drug-likeness (QED) is 0.625. The van der Waals surface area contributed by atoms with Crippen LogP contribution in [0, 0.1) is 0 Å². The average molecular weight is 381 g/mol. The van der Waals surface area contributed by atoms with E-state index in [1.165, 1.54) is 22.9 Å². The number of carbonyl (C=O) groups is 1. The number of benzene rings is 1. The molecule has 0 fully saturated rings. The van der Waals surface area contributed by atoms with Gasteiger partial charge >= 0.3 is 0 Å². The van der Waals surface area contributed by atoms with Crippen LogP contribution in [0.4, 0.5) is 0 Å². The smallest absolute Gasteiger partial charge is 0.271 e. The lowest BCUT2D eigenvalue weighted by atomic mass is 10.1. The number of nitrogens with one attached hydrogen (secondary N) is 2. The molecule has 144 valence electrons. The van der Waals surface area contributed by atoms with Crippen LogP contribution < -0.4 is 21.2 Å². The molecule has 0 unspecified atom stereocenters. The van der Waals surface area contributed by atoms with Gasteiger partial charge in [-0.3, -0.25) is 14.4 Å². The summed E-state index contributed by atoms with van der Waals surface area (Å²) in [4.78, 5) is 35.0. The lowest BCUT2D eigenvalue weighted by Crippen LogP contribution is -2.32. The number of aromatic amines is 1. The first-order valence-corrected chi connectivity index (χ1v) is 8.72. The van der Waals surface area contributed by atoms with Crippen molar-refractivity contribution in [1.29, 1.82) is 0 Å². The molecular formula is C19H19N5O4. The van der Waals surface area contributed by atoms with Crippen LogP contribution in [-0.4, -0.2) is 39.0 Å². The maximum Gasteiger partial charge on any atom is 0.271 e. The van der Waals surface area contributed by atoms with E-state index in [9.17, 15) is 14.4 Å². The van der Waals surface area contributed by atoms with Crippen LogP contribution in [0.3, 0.4) is 0 Å². The third-order valence-electron chi connectivity index (χ3n) is 3.85. The Kier molecular flexibility index (Phi) is 5.95. The summed E-state index contributed by atoms with van der Waals surface area (Å²) in [5, 5.41) is 12.8. The van der Waals surface area contributed by atoms with Crippen molar-refractivity contribution >= 4 is 5.91 Å². The normalized spacial score (nSPS) is 10.5. The minimum atomic E-state index is -0.452. The predicted molar refractivity (Wildman–Crippen MR) is 102 cm³/mol. The standard InChI is InChI=1S/C19H19N5O4/c1-2-28-14-5-3-13(4-6-14)15-8-10-18(26)24(23-15)12-11-20-19(27)16-7-9-17(25)22-21-16/h3-10H,2,11-12H2,1H3,(H,20,27)(H,22,25). The summed E-state index contributed by atoms with van der Waals surface area (Å²) < 4.78 is 6.70. The number of H-pyrrole nitrogens is 1. The van der Waals surface area contributed by atoms with E-state index in [2.05, 4.69) is 20.6 Å². The van der Waals surface area contributed by atoms with E-state index in [1.54, 1.807) is 6.07 Å². The second-order valence-corrected chi connectivity index (χ2v) is 5.80. The highest BCUT2D eigenvalue weighted by molar-refractivity contribution is 5.91. The van der Waals surface area contributed by atoms with Gasteiger partial charge < -0.3 is 10.1 Å². The Bertz CT molecular complexity index is 1050. The third-order valence-corrected chi connectivity index (χ3v) is 3.85.